The predicted octanol–water partition coefficient (Wildman–Crippen LogP) is 3.46. The van der Waals surface area contributed by atoms with Crippen LogP contribution >= 0.6 is 0 Å². The standard InChI is InChI=1S/C13H16F2O2/c1-4-17-12(16)13(14,15)11-7-5-10(6-8-11)9(2)3/h5-9H,4H2,1-3H3. The molecule has 0 radical (unpaired) electrons. The Hall–Kier alpha value is -1.45. The Morgan fingerprint density at radius 3 is 2.24 bits per heavy atom. The number of esters is 1. The van der Waals surface area contributed by atoms with Gasteiger partial charge in [-0.05, 0) is 18.4 Å². The molecule has 1 aromatic carbocycles. The van der Waals surface area contributed by atoms with Crippen molar-refractivity contribution in [3.63, 3.8) is 0 Å². The van der Waals surface area contributed by atoms with Gasteiger partial charge in [0.15, 0.2) is 0 Å². The van der Waals surface area contributed by atoms with E-state index in [-0.39, 0.29) is 18.1 Å². The van der Waals surface area contributed by atoms with Gasteiger partial charge in [-0.3, -0.25) is 0 Å². The second kappa shape index (κ2) is 5.25. The predicted molar refractivity (Wildman–Crippen MR) is 61.1 cm³/mol. The molecular formula is C13H16F2O2. The zero-order valence-electron chi connectivity index (χ0n) is 10.2. The van der Waals surface area contributed by atoms with E-state index in [0.29, 0.717) is 0 Å². The number of hydrogen-bond donors (Lipinski definition) is 0. The molecular weight excluding hydrogens is 226 g/mol. The van der Waals surface area contributed by atoms with Crippen molar-refractivity contribution in [3.8, 4) is 0 Å². The van der Waals surface area contributed by atoms with Gasteiger partial charge in [-0.15, -0.1) is 0 Å². The molecule has 1 aromatic rings. The minimum Gasteiger partial charge on any atom is -0.461 e. The summed E-state index contributed by atoms with van der Waals surface area (Å²) in [5.41, 5.74) is 0.619. The van der Waals surface area contributed by atoms with Crippen LogP contribution in [0.4, 0.5) is 8.78 Å². The quantitative estimate of drug-likeness (QED) is 0.756. The first-order valence-electron chi connectivity index (χ1n) is 5.55. The zero-order chi connectivity index (χ0) is 13.1. The minimum absolute atomic E-state index is 0.0570. The van der Waals surface area contributed by atoms with Gasteiger partial charge in [-0.2, -0.15) is 8.78 Å². The third-order valence-corrected chi connectivity index (χ3v) is 2.47. The lowest BCUT2D eigenvalue weighted by Crippen LogP contribution is -2.28. The molecule has 0 N–H and O–H groups in total. The average Bonchev–Trinajstić information content (AvgIpc) is 2.29. The molecule has 0 aliphatic carbocycles. The Labute approximate surface area is 99.6 Å². The molecule has 0 heterocycles. The highest BCUT2D eigenvalue weighted by atomic mass is 19.3. The lowest BCUT2D eigenvalue weighted by atomic mass is 10.00. The molecule has 0 fully saturated rings. The second-order valence-electron chi connectivity index (χ2n) is 4.07. The number of rotatable bonds is 4. The maximum atomic E-state index is 13.6. The second-order valence-corrected chi connectivity index (χ2v) is 4.07. The molecule has 94 valence electrons. The first-order valence-corrected chi connectivity index (χ1v) is 5.55. The Kier molecular flexibility index (Phi) is 4.21. The van der Waals surface area contributed by atoms with Gasteiger partial charge in [0.2, 0.25) is 0 Å². The maximum absolute atomic E-state index is 13.6. The summed E-state index contributed by atoms with van der Waals surface area (Å²) in [5.74, 6) is -4.82. The highest BCUT2D eigenvalue weighted by molar-refractivity contribution is 5.79. The summed E-state index contributed by atoms with van der Waals surface area (Å²) < 4.78 is 31.5. The van der Waals surface area contributed by atoms with E-state index in [4.69, 9.17) is 0 Å². The Morgan fingerprint density at radius 2 is 1.82 bits per heavy atom. The molecule has 0 bridgehead atoms. The monoisotopic (exact) mass is 242 g/mol. The van der Waals surface area contributed by atoms with E-state index in [0.717, 1.165) is 5.56 Å². The molecule has 0 atom stereocenters. The van der Waals surface area contributed by atoms with Crippen LogP contribution in [0.2, 0.25) is 0 Å². The first kappa shape index (κ1) is 13.6. The van der Waals surface area contributed by atoms with Gasteiger partial charge in [0.05, 0.1) is 6.61 Å². The zero-order valence-corrected chi connectivity index (χ0v) is 10.2. The summed E-state index contributed by atoms with van der Waals surface area (Å²) in [7, 11) is 0. The molecule has 0 saturated carbocycles. The number of hydrogen-bond acceptors (Lipinski definition) is 2. The molecule has 0 aromatic heterocycles. The fourth-order valence-corrected chi connectivity index (χ4v) is 1.42. The third-order valence-electron chi connectivity index (χ3n) is 2.47. The molecule has 4 heteroatoms. The van der Waals surface area contributed by atoms with Crippen LogP contribution in [0, 0.1) is 0 Å². The van der Waals surface area contributed by atoms with E-state index in [1.165, 1.54) is 19.1 Å². The highest BCUT2D eigenvalue weighted by Crippen LogP contribution is 2.30. The van der Waals surface area contributed by atoms with Crippen LogP contribution in [0.3, 0.4) is 0 Å². The van der Waals surface area contributed by atoms with Crippen molar-refractivity contribution in [1.29, 1.82) is 0 Å². The SMILES string of the molecule is CCOC(=O)C(F)(F)c1ccc(C(C)C)cc1. The summed E-state index contributed by atoms with van der Waals surface area (Å²) in [6, 6.07) is 5.75. The number of carbonyl (C=O) groups excluding carboxylic acids is 1. The molecule has 0 aliphatic rings. The van der Waals surface area contributed by atoms with Crippen LogP contribution in [0.5, 0.6) is 0 Å². The fourth-order valence-electron chi connectivity index (χ4n) is 1.42. The third kappa shape index (κ3) is 3.02. The van der Waals surface area contributed by atoms with Gasteiger partial charge in [-0.1, -0.05) is 38.1 Å². The van der Waals surface area contributed by atoms with Crippen LogP contribution < -0.4 is 0 Å². The van der Waals surface area contributed by atoms with Gasteiger partial charge in [0.1, 0.15) is 0 Å². The van der Waals surface area contributed by atoms with Gasteiger partial charge in [-0.25, -0.2) is 4.79 Å². The summed E-state index contributed by atoms with van der Waals surface area (Å²) in [6.07, 6.45) is 0. The van der Waals surface area contributed by atoms with Gasteiger partial charge >= 0.3 is 11.9 Å². The van der Waals surface area contributed by atoms with Crippen molar-refractivity contribution in [2.45, 2.75) is 32.6 Å². The van der Waals surface area contributed by atoms with Crippen molar-refractivity contribution >= 4 is 5.97 Å². The molecule has 2 nitrogen and oxygen atoms in total. The first-order chi connectivity index (χ1) is 7.89. The summed E-state index contributed by atoms with van der Waals surface area (Å²) in [5, 5.41) is 0. The number of benzene rings is 1. The van der Waals surface area contributed by atoms with Crippen molar-refractivity contribution in [2.24, 2.45) is 0 Å². The Balaban J connectivity index is 2.95. The van der Waals surface area contributed by atoms with Crippen LogP contribution in [-0.2, 0) is 15.5 Å². The van der Waals surface area contributed by atoms with Gasteiger partial charge in [0, 0.05) is 5.56 Å². The molecule has 0 saturated heterocycles. The van der Waals surface area contributed by atoms with Crippen LogP contribution in [0.1, 0.15) is 37.8 Å². The molecule has 17 heavy (non-hydrogen) atoms. The van der Waals surface area contributed by atoms with Gasteiger partial charge < -0.3 is 4.74 Å². The van der Waals surface area contributed by atoms with E-state index in [1.807, 2.05) is 13.8 Å². The van der Waals surface area contributed by atoms with E-state index in [9.17, 15) is 13.6 Å². The van der Waals surface area contributed by atoms with E-state index in [1.54, 1.807) is 12.1 Å². The van der Waals surface area contributed by atoms with Crippen molar-refractivity contribution in [2.75, 3.05) is 6.61 Å². The topological polar surface area (TPSA) is 26.3 Å². The van der Waals surface area contributed by atoms with Crippen LogP contribution in [-0.4, -0.2) is 12.6 Å². The van der Waals surface area contributed by atoms with Crippen LogP contribution in [0.15, 0.2) is 24.3 Å². The largest absolute Gasteiger partial charge is 0.461 e. The molecule has 1 rings (SSSR count). The number of carbonyl (C=O) groups is 1. The number of ether oxygens (including phenoxy) is 1. The smallest absolute Gasteiger partial charge is 0.381 e. The molecule has 0 spiro atoms. The molecule has 0 amide bonds. The number of halogens is 2. The fraction of sp³-hybridized carbons (Fsp3) is 0.462. The van der Waals surface area contributed by atoms with Crippen LogP contribution in [0.25, 0.3) is 0 Å². The van der Waals surface area contributed by atoms with Crippen molar-refractivity contribution in [1.82, 2.24) is 0 Å². The minimum atomic E-state index is -3.58. The lowest BCUT2D eigenvalue weighted by Gasteiger charge is -2.15. The van der Waals surface area contributed by atoms with E-state index >= 15 is 0 Å². The lowest BCUT2D eigenvalue weighted by molar-refractivity contribution is -0.173. The van der Waals surface area contributed by atoms with Crippen molar-refractivity contribution in [3.05, 3.63) is 35.4 Å². The summed E-state index contributed by atoms with van der Waals surface area (Å²) in [4.78, 5) is 11.1. The Bertz CT molecular complexity index is 383. The maximum Gasteiger partial charge on any atom is 0.381 e. The molecule has 0 aliphatic heterocycles. The summed E-state index contributed by atoms with van der Waals surface area (Å²) in [6.45, 7) is 5.38. The van der Waals surface area contributed by atoms with E-state index in [2.05, 4.69) is 4.74 Å². The Morgan fingerprint density at radius 1 is 1.29 bits per heavy atom. The highest BCUT2D eigenvalue weighted by Gasteiger charge is 2.42. The molecule has 0 unspecified atom stereocenters. The van der Waals surface area contributed by atoms with E-state index < -0.39 is 11.9 Å². The summed E-state index contributed by atoms with van der Waals surface area (Å²) >= 11 is 0. The number of alkyl halides is 2. The van der Waals surface area contributed by atoms with Crippen molar-refractivity contribution < 1.29 is 18.3 Å². The normalized spacial score (nSPS) is 11.6. The van der Waals surface area contributed by atoms with Gasteiger partial charge in [0.25, 0.3) is 0 Å². The average molecular weight is 242 g/mol.